The van der Waals surface area contributed by atoms with Crippen molar-refractivity contribution in [3.8, 4) is 5.75 Å². The van der Waals surface area contributed by atoms with Crippen LogP contribution in [0, 0.1) is 13.8 Å². The van der Waals surface area contributed by atoms with E-state index in [0.717, 1.165) is 11.3 Å². The van der Waals surface area contributed by atoms with E-state index in [0.29, 0.717) is 17.1 Å². The Morgan fingerprint density at radius 3 is 2.60 bits per heavy atom. The summed E-state index contributed by atoms with van der Waals surface area (Å²) in [6.45, 7) is 9.31. The summed E-state index contributed by atoms with van der Waals surface area (Å²) in [6.07, 6.45) is 0.236. The molecule has 2 aromatic rings. The van der Waals surface area contributed by atoms with E-state index in [4.69, 9.17) is 9.15 Å². The molecular formula is C20H27NO4. The van der Waals surface area contributed by atoms with Crippen LogP contribution in [0.5, 0.6) is 5.75 Å². The number of furan rings is 1. The third kappa shape index (κ3) is 5.10. The van der Waals surface area contributed by atoms with E-state index < -0.39 is 5.60 Å². The minimum atomic E-state index is -1.19. The van der Waals surface area contributed by atoms with Crippen LogP contribution in [0.25, 0.3) is 0 Å². The van der Waals surface area contributed by atoms with E-state index >= 15 is 0 Å². The quantitative estimate of drug-likeness (QED) is 0.808. The van der Waals surface area contributed by atoms with E-state index in [1.54, 1.807) is 19.9 Å². The van der Waals surface area contributed by atoms with Gasteiger partial charge in [0.05, 0.1) is 19.1 Å². The first kappa shape index (κ1) is 19.1. The van der Waals surface area contributed by atoms with E-state index in [1.165, 1.54) is 0 Å². The summed E-state index contributed by atoms with van der Waals surface area (Å²) in [7, 11) is 0. The molecule has 0 saturated heterocycles. The maximum atomic E-state index is 12.3. The summed E-state index contributed by atoms with van der Waals surface area (Å²) in [5, 5.41) is 13.5. The van der Waals surface area contributed by atoms with Gasteiger partial charge in [-0.15, -0.1) is 0 Å². The fourth-order valence-corrected chi connectivity index (χ4v) is 2.79. The van der Waals surface area contributed by atoms with Crippen LogP contribution in [0.4, 0.5) is 0 Å². The van der Waals surface area contributed by atoms with Gasteiger partial charge >= 0.3 is 0 Å². The molecule has 25 heavy (non-hydrogen) atoms. The molecule has 1 heterocycles. The van der Waals surface area contributed by atoms with Gasteiger partial charge < -0.3 is 19.6 Å². The van der Waals surface area contributed by atoms with E-state index in [1.807, 2.05) is 45.0 Å². The average Bonchev–Trinajstić information content (AvgIpc) is 2.86. The Bertz CT molecular complexity index is 731. The highest BCUT2D eigenvalue weighted by molar-refractivity contribution is 5.79. The van der Waals surface area contributed by atoms with Crippen LogP contribution in [0.3, 0.4) is 0 Å². The van der Waals surface area contributed by atoms with Gasteiger partial charge in [0.15, 0.2) is 0 Å². The van der Waals surface area contributed by atoms with Crippen molar-refractivity contribution >= 4 is 5.91 Å². The van der Waals surface area contributed by atoms with Gasteiger partial charge in [-0.1, -0.05) is 18.2 Å². The predicted octanol–water partition coefficient (Wildman–Crippen LogP) is 3.25. The third-order valence-corrected chi connectivity index (χ3v) is 3.94. The number of nitrogens with one attached hydrogen (secondary N) is 1. The maximum Gasteiger partial charge on any atom is 0.224 e. The summed E-state index contributed by atoms with van der Waals surface area (Å²) in [5.41, 5.74) is 0.323. The summed E-state index contributed by atoms with van der Waals surface area (Å²) < 4.78 is 11.2. The molecule has 0 saturated carbocycles. The predicted molar refractivity (Wildman–Crippen MR) is 96.7 cm³/mol. The van der Waals surface area contributed by atoms with Crippen molar-refractivity contribution in [3.63, 3.8) is 0 Å². The molecule has 5 nitrogen and oxygen atoms in total. The number of aryl methyl sites for hydroxylation is 2. The second-order valence-corrected chi connectivity index (χ2v) is 6.83. The van der Waals surface area contributed by atoms with Crippen LogP contribution in [0.1, 0.15) is 43.4 Å². The van der Waals surface area contributed by atoms with Crippen LogP contribution < -0.4 is 10.1 Å². The largest absolute Gasteiger partial charge is 0.491 e. The van der Waals surface area contributed by atoms with E-state index in [-0.39, 0.29) is 25.0 Å². The van der Waals surface area contributed by atoms with Gasteiger partial charge in [0.1, 0.15) is 22.9 Å². The lowest BCUT2D eigenvalue weighted by molar-refractivity contribution is -0.121. The smallest absolute Gasteiger partial charge is 0.224 e. The van der Waals surface area contributed by atoms with Crippen molar-refractivity contribution in [1.82, 2.24) is 5.32 Å². The highest BCUT2D eigenvalue weighted by Crippen LogP contribution is 2.26. The Kier molecular flexibility index (Phi) is 5.90. The Hall–Kier alpha value is -2.27. The Labute approximate surface area is 149 Å². The fourth-order valence-electron chi connectivity index (χ4n) is 2.79. The minimum Gasteiger partial charge on any atom is -0.491 e. The Balaban J connectivity index is 2.00. The zero-order chi connectivity index (χ0) is 18.6. The second kappa shape index (κ2) is 7.74. The lowest BCUT2D eigenvalue weighted by atomic mass is 9.96. The molecule has 0 spiro atoms. The molecule has 0 radical (unpaired) electrons. The highest BCUT2D eigenvalue weighted by atomic mass is 16.5. The topological polar surface area (TPSA) is 71.7 Å². The number of ether oxygens (including phenoxy) is 1. The highest BCUT2D eigenvalue weighted by Gasteiger charge is 2.28. The molecule has 136 valence electrons. The first-order valence-electron chi connectivity index (χ1n) is 8.50. The van der Waals surface area contributed by atoms with Crippen molar-refractivity contribution in [2.45, 2.75) is 52.7 Å². The number of hydrogen-bond donors (Lipinski definition) is 2. The van der Waals surface area contributed by atoms with Crippen molar-refractivity contribution in [2.24, 2.45) is 0 Å². The molecule has 0 fully saturated rings. The molecule has 0 aliphatic rings. The molecule has 5 heteroatoms. The van der Waals surface area contributed by atoms with Crippen molar-refractivity contribution in [2.75, 3.05) is 6.54 Å². The van der Waals surface area contributed by atoms with Crippen LogP contribution in [-0.4, -0.2) is 23.7 Å². The number of benzene rings is 1. The number of hydrogen-bond acceptors (Lipinski definition) is 4. The lowest BCUT2D eigenvalue weighted by Gasteiger charge is -2.23. The van der Waals surface area contributed by atoms with Crippen molar-refractivity contribution in [1.29, 1.82) is 0 Å². The molecule has 2 N–H and O–H groups in total. The first-order chi connectivity index (χ1) is 11.7. The molecule has 0 aliphatic carbocycles. The number of rotatable bonds is 7. The van der Waals surface area contributed by atoms with Crippen LogP contribution in [0.15, 0.2) is 34.7 Å². The molecule has 1 unspecified atom stereocenters. The molecule has 1 atom stereocenters. The van der Waals surface area contributed by atoms with E-state index in [2.05, 4.69) is 5.32 Å². The number of para-hydroxylation sites is 1. The summed E-state index contributed by atoms with van der Waals surface area (Å²) in [5.74, 6) is 1.94. The molecule has 1 amide bonds. The maximum absolute atomic E-state index is 12.3. The average molecular weight is 345 g/mol. The molecule has 0 aliphatic heterocycles. The SMILES string of the molecule is Cc1cc(C(C)(O)CNC(=O)Cc2ccccc2OC(C)C)c(C)o1. The number of carbonyl (C=O) groups excluding carboxylic acids is 1. The minimum absolute atomic E-state index is 0.0391. The van der Waals surface area contributed by atoms with E-state index in [9.17, 15) is 9.90 Å². The Morgan fingerprint density at radius 2 is 2.00 bits per heavy atom. The van der Waals surface area contributed by atoms with Crippen molar-refractivity contribution in [3.05, 3.63) is 53.0 Å². The van der Waals surface area contributed by atoms with Gasteiger partial charge in [-0.05, 0) is 46.8 Å². The summed E-state index contributed by atoms with van der Waals surface area (Å²) in [6, 6.07) is 9.29. The molecule has 2 rings (SSSR count). The van der Waals surface area contributed by atoms with Gasteiger partial charge in [-0.2, -0.15) is 0 Å². The number of aliphatic hydroxyl groups is 1. The summed E-state index contributed by atoms with van der Waals surface area (Å²) >= 11 is 0. The first-order valence-corrected chi connectivity index (χ1v) is 8.50. The molecule has 1 aromatic heterocycles. The van der Waals surface area contributed by atoms with Crippen LogP contribution in [-0.2, 0) is 16.8 Å². The normalized spacial score (nSPS) is 13.6. The van der Waals surface area contributed by atoms with Crippen molar-refractivity contribution < 1.29 is 19.1 Å². The van der Waals surface area contributed by atoms with Gasteiger partial charge in [-0.25, -0.2) is 0 Å². The lowest BCUT2D eigenvalue weighted by Crippen LogP contribution is -2.39. The zero-order valence-corrected chi connectivity index (χ0v) is 15.6. The number of amides is 1. The van der Waals surface area contributed by atoms with Crippen LogP contribution in [0.2, 0.25) is 0 Å². The third-order valence-electron chi connectivity index (χ3n) is 3.94. The molecular weight excluding hydrogens is 318 g/mol. The second-order valence-electron chi connectivity index (χ2n) is 6.83. The van der Waals surface area contributed by atoms with Gasteiger partial charge in [0.2, 0.25) is 5.91 Å². The van der Waals surface area contributed by atoms with Crippen LogP contribution >= 0.6 is 0 Å². The molecule has 1 aromatic carbocycles. The zero-order valence-electron chi connectivity index (χ0n) is 15.6. The number of carbonyl (C=O) groups is 1. The Morgan fingerprint density at radius 1 is 1.32 bits per heavy atom. The monoisotopic (exact) mass is 345 g/mol. The van der Waals surface area contributed by atoms with Gasteiger partial charge in [0, 0.05) is 11.1 Å². The summed E-state index contributed by atoms with van der Waals surface area (Å²) in [4.78, 5) is 12.3. The standard InChI is InChI=1S/C20H27NO4/c1-13(2)24-18-9-7-6-8-16(18)11-19(22)21-12-20(5,23)17-10-14(3)25-15(17)4/h6-10,13,23H,11-12H2,1-5H3,(H,21,22). The fraction of sp³-hybridized carbons (Fsp3) is 0.450. The van der Waals surface area contributed by atoms with Gasteiger partial charge in [-0.3, -0.25) is 4.79 Å². The van der Waals surface area contributed by atoms with Gasteiger partial charge in [0.25, 0.3) is 0 Å². The molecule has 0 bridgehead atoms.